The third-order valence-electron chi connectivity index (χ3n) is 17.6. The van der Waals surface area contributed by atoms with E-state index in [1.165, 1.54) is 25.7 Å². The Balaban J connectivity index is 1.15. The SMILES string of the molecule is CC1(C)[C@H]2CC[C@@H](CN(C[C@H](O)CO)C[C@]3(O)CC[C@H]4[C@]56C=C[C@@]7(C=C5C(=O)C5CCCCC5)CC(O)CC[C@]7(C)[C@H]6CC[C@@]43C)[C@@H]1C2. The van der Waals surface area contributed by atoms with Crippen LogP contribution in [0.2, 0.25) is 0 Å². The minimum Gasteiger partial charge on any atom is -0.394 e. The van der Waals surface area contributed by atoms with Crippen molar-refractivity contribution in [2.75, 3.05) is 26.2 Å². The summed E-state index contributed by atoms with van der Waals surface area (Å²) in [5.41, 5.74) is -0.570. The number of Topliss-reactive ketones (excluding diaryl/α,β-unsaturated/α-hetero) is 1. The number of aliphatic hydroxyl groups excluding tert-OH is 3. The zero-order chi connectivity index (χ0) is 33.9. The Bertz CT molecular complexity index is 1350. The van der Waals surface area contributed by atoms with Crippen LogP contribution >= 0.6 is 0 Å². The number of ketones is 1. The lowest BCUT2D eigenvalue weighted by atomic mass is 9.32. The molecule has 2 spiro atoms. The van der Waals surface area contributed by atoms with Crippen LogP contribution in [0.3, 0.4) is 0 Å². The molecule has 4 N–H and O–H groups in total. The van der Waals surface area contributed by atoms with Gasteiger partial charge in [-0.2, -0.15) is 0 Å². The van der Waals surface area contributed by atoms with Crippen LogP contribution in [0, 0.1) is 62.6 Å². The number of aliphatic hydroxyl groups is 4. The highest BCUT2D eigenvalue weighted by atomic mass is 16.3. The normalized spacial score (nSPS) is 49.5. The Morgan fingerprint density at radius 3 is 2.33 bits per heavy atom. The van der Waals surface area contributed by atoms with Crippen molar-refractivity contribution in [3.8, 4) is 0 Å². The molecule has 7 fully saturated rings. The molecule has 10 aliphatic rings. The van der Waals surface area contributed by atoms with E-state index in [1.807, 2.05) is 0 Å². The molecule has 0 aliphatic heterocycles. The molecule has 0 aromatic carbocycles. The first kappa shape index (κ1) is 34.1. The lowest BCUT2D eigenvalue weighted by molar-refractivity contribution is -0.182. The van der Waals surface area contributed by atoms with Crippen molar-refractivity contribution in [2.24, 2.45) is 62.6 Å². The maximum atomic E-state index is 14.9. The molecular weight excluding hydrogens is 598 g/mol. The van der Waals surface area contributed by atoms with Crippen LogP contribution in [0.1, 0.15) is 124 Å². The van der Waals surface area contributed by atoms with Gasteiger partial charge in [0.05, 0.1) is 24.4 Å². The van der Waals surface area contributed by atoms with Crippen LogP contribution < -0.4 is 0 Å². The van der Waals surface area contributed by atoms with E-state index in [2.05, 4.69) is 50.8 Å². The predicted molar refractivity (Wildman–Crippen MR) is 188 cm³/mol. The zero-order valence-corrected chi connectivity index (χ0v) is 30.4. The van der Waals surface area contributed by atoms with Crippen LogP contribution in [0.25, 0.3) is 0 Å². The molecule has 268 valence electrons. The van der Waals surface area contributed by atoms with Gasteiger partial charge in [-0.1, -0.05) is 65.2 Å². The summed E-state index contributed by atoms with van der Waals surface area (Å²) in [5, 5.41) is 44.8. The number of hydrogen-bond acceptors (Lipinski definition) is 6. The van der Waals surface area contributed by atoms with Gasteiger partial charge in [0.25, 0.3) is 0 Å². The smallest absolute Gasteiger partial charge is 0.162 e. The minimum absolute atomic E-state index is 0.00888. The van der Waals surface area contributed by atoms with E-state index in [1.54, 1.807) is 0 Å². The molecule has 7 saturated carbocycles. The van der Waals surface area contributed by atoms with Gasteiger partial charge in [-0.15, -0.1) is 0 Å². The number of fused-ring (bicyclic) bond motifs is 3. The maximum absolute atomic E-state index is 14.9. The number of rotatable bonds is 9. The summed E-state index contributed by atoms with van der Waals surface area (Å²) in [7, 11) is 0. The first-order valence-corrected chi connectivity index (χ1v) is 20.1. The molecular formula is C42H65NO5. The molecule has 10 rings (SSSR count). The summed E-state index contributed by atoms with van der Waals surface area (Å²) < 4.78 is 0. The second-order valence-corrected chi connectivity index (χ2v) is 19.7. The van der Waals surface area contributed by atoms with Crippen LogP contribution in [-0.4, -0.2) is 75.2 Å². The average molecular weight is 664 g/mol. The lowest BCUT2D eigenvalue weighted by Crippen LogP contribution is -2.67. The highest BCUT2D eigenvalue weighted by molar-refractivity contribution is 6.00. The molecule has 1 unspecified atom stereocenters. The lowest BCUT2D eigenvalue weighted by Gasteiger charge is -2.71. The van der Waals surface area contributed by atoms with Gasteiger partial charge in [0.1, 0.15) is 0 Å². The van der Waals surface area contributed by atoms with Crippen molar-refractivity contribution in [1.82, 2.24) is 4.90 Å². The second-order valence-electron chi connectivity index (χ2n) is 19.7. The van der Waals surface area contributed by atoms with Crippen molar-refractivity contribution in [1.29, 1.82) is 0 Å². The van der Waals surface area contributed by atoms with Gasteiger partial charge in [0, 0.05) is 47.4 Å². The van der Waals surface area contributed by atoms with Gasteiger partial charge >= 0.3 is 0 Å². The number of carbonyl (C=O) groups is 1. The maximum Gasteiger partial charge on any atom is 0.162 e. The molecule has 0 saturated heterocycles. The fourth-order valence-electron chi connectivity index (χ4n) is 14.6. The van der Waals surface area contributed by atoms with Crippen molar-refractivity contribution in [3.05, 3.63) is 23.8 Å². The topological polar surface area (TPSA) is 101 Å². The molecule has 6 heteroatoms. The fraction of sp³-hybridized carbons (Fsp3) is 0.881. The Hall–Kier alpha value is -1.05. The van der Waals surface area contributed by atoms with E-state index in [-0.39, 0.29) is 46.2 Å². The van der Waals surface area contributed by atoms with E-state index < -0.39 is 11.7 Å². The minimum atomic E-state index is -0.943. The van der Waals surface area contributed by atoms with Gasteiger partial charge in [-0.3, -0.25) is 9.69 Å². The zero-order valence-electron chi connectivity index (χ0n) is 30.4. The number of carbonyl (C=O) groups excluding carboxylic acids is 1. The molecule has 6 nitrogen and oxygen atoms in total. The molecule has 0 aromatic heterocycles. The summed E-state index contributed by atoms with van der Waals surface area (Å²) in [6.07, 6.45) is 21.4. The van der Waals surface area contributed by atoms with Crippen LogP contribution in [0.5, 0.6) is 0 Å². The highest BCUT2D eigenvalue weighted by Gasteiger charge is 2.74. The van der Waals surface area contributed by atoms with Crippen LogP contribution in [-0.2, 0) is 4.79 Å². The molecule has 0 aromatic rings. The molecule has 10 aliphatic carbocycles. The van der Waals surface area contributed by atoms with Crippen molar-refractivity contribution in [3.63, 3.8) is 0 Å². The predicted octanol–water partition coefficient (Wildman–Crippen LogP) is 6.45. The third kappa shape index (κ3) is 4.56. The molecule has 0 radical (unpaired) electrons. The quantitative estimate of drug-likeness (QED) is 0.212. The Labute approximate surface area is 289 Å². The van der Waals surface area contributed by atoms with Gasteiger partial charge in [0.2, 0.25) is 0 Å². The van der Waals surface area contributed by atoms with E-state index in [4.69, 9.17) is 0 Å². The number of allylic oxidation sites excluding steroid dienone is 4. The highest BCUT2D eigenvalue weighted by Crippen LogP contribution is 2.78. The summed E-state index contributed by atoms with van der Waals surface area (Å²) in [4.78, 5) is 17.2. The fourth-order valence-corrected chi connectivity index (χ4v) is 14.6. The summed E-state index contributed by atoms with van der Waals surface area (Å²) >= 11 is 0. The largest absolute Gasteiger partial charge is 0.394 e. The molecule has 4 bridgehead atoms. The first-order chi connectivity index (χ1) is 22.7. The first-order valence-electron chi connectivity index (χ1n) is 20.1. The Morgan fingerprint density at radius 1 is 0.917 bits per heavy atom. The van der Waals surface area contributed by atoms with E-state index in [0.29, 0.717) is 54.9 Å². The molecule has 0 amide bonds. The van der Waals surface area contributed by atoms with Crippen molar-refractivity contribution >= 4 is 5.78 Å². The summed E-state index contributed by atoms with van der Waals surface area (Å²) in [5.74, 6) is 3.03. The molecule has 0 heterocycles. The number of nitrogens with zero attached hydrogens (tertiary/aromatic N) is 1. The van der Waals surface area contributed by atoms with E-state index in [0.717, 1.165) is 75.8 Å². The van der Waals surface area contributed by atoms with Gasteiger partial charge in [-0.05, 0) is 117 Å². The second kappa shape index (κ2) is 11.5. The summed E-state index contributed by atoms with van der Waals surface area (Å²) in [6, 6.07) is 0. The Morgan fingerprint density at radius 2 is 1.62 bits per heavy atom. The number of hydrogen-bond donors (Lipinski definition) is 4. The average Bonchev–Trinajstić information content (AvgIpc) is 3.34. The van der Waals surface area contributed by atoms with E-state index in [9.17, 15) is 25.2 Å². The molecule has 12 atom stereocenters. The van der Waals surface area contributed by atoms with Crippen LogP contribution in [0.15, 0.2) is 23.8 Å². The monoisotopic (exact) mass is 663 g/mol. The standard InChI is InChI=1S/C42H65NO5/c1-37(2)29-11-10-28(32(37)20-29)23-43(24-31(46)25-44)26-41(48)17-14-35-39(41,4)16-13-34-38(3)15-12-30(45)21-40(38)18-19-42(34,35)33(22-40)36(47)27-8-6-5-7-9-27/h18-19,22,27-32,34-35,44-46,48H,5-17,20-21,23-26H2,1-4H3/t28-,29-,30?,31-,32-,34+,35+,38+,39-,40-,41+,42+/m0/s1. The van der Waals surface area contributed by atoms with E-state index >= 15 is 0 Å². The van der Waals surface area contributed by atoms with Gasteiger partial charge in [-0.25, -0.2) is 0 Å². The van der Waals surface area contributed by atoms with Crippen molar-refractivity contribution in [2.45, 2.75) is 142 Å². The third-order valence-corrected chi connectivity index (χ3v) is 17.6. The van der Waals surface area contributed by atoms with Crippen LogP contribution in [0.4, 0.5) is 0 Å². The van der Waals surface area contributed by atoms with Gasteiger partial charge < -0.3 is 20.4 Å². The Kier molecular flexibility index (Phi) is 8.14. The van der Waals surface area contributed by atoms with Gasteiger partial charge in [0.15, 0.2) is 5.78 Å². The van der Waals surface area contributed by atoms with Crippen molar-refractivity contribution < 1.29 is 25.2 Å². The molecule has 48 heavy (non-hydrogen) atoms. The summed E-state index contributed by atoms with van der Waals surface area (Å²) in [6.45, 7) is 11.2.